The summed E-state index contributed by atoms with van der Waals surface area (Å²) < 4.78 is 25.9. The number of fused-ring (bicyclic) bond motifs is 20. The number of carboxylic acid groups (broad SMARTS) is 1. The Bertz CT molecular complexity index is 4560. The first-order valence-electron chi connectivity index (χ1n) is 27.5. The minimum atomic E-state index is -1.03. The number of hydrogen-bond acceptors (Lipinski definition) is 11. The largest absolute Gasteiger partial charge is 0.478 e. The Hall–Kier alpha value is -10.2. The molecule has 0 saturated carbocycles. The highest BCUT2D eigenvalue weighted by Crippen LogP contribution is 2.42. The monoisotopic (exact) mass is 1090 g/mol. The molecule has 0 spiro atoms. The molecule has 0 amide bonds. The first-order valence-corrected chi connectivity index (χ1v) is 27.5. The molecule has 3 N–H and O–H groups in total. The molecule has 0 radical (unpaired) electrons. The molecule has 0 unspecified atom stereocenters. The van der Waals surface area contributed by atoms with Crippen LogP contribution in [-0.2, 0) is 16.2 Å². The number of aromatic carboxylic acids is 1. The second-order valence-electron chi connectivity index (χ2n) is 24.0. The summed E-state index contributed by atoms with van der Waals surface area (Å²) in [6.07, 6.45) is 0. The van der Waals surface area contributed by atoms with Crippen molar-refractivity contribution in [1.82, 2.24) is 39.9 Å². The third-order valence-electron chi connectivity index (χ3n) is 14.9. The zero-order chi connectivity index (χ0) is 57.5. The van der Waals surface area contributed by atoms with Gasteiger partial charge in [0.25, 0.3) is 0 Å². The van der Waals surface area contributed by atoms with E-state index in [4.69, 9.17) is 48.9 Å². The van der Waals surface area contributed by atoms with Crippen LogP contribution in [0.5, 0.6) is 46.0 Å². The van der Waals surface area contributed by atoms with Crippen molar-refractivity contribution in [2.24, 2.45) is 0 Å². The van der Waals surface area contributed by atoms with Crippen LogP contribution in [0.2, 0.25) is 0 Å². The molecule has 8 aromatic carbocycles. The lowest BCUT2D eigenvalue weighted by atomic mass is 9.87. The van der Waals surface area contributed by atoms with E-state index in [2.05, 4.69) is 109 Å². The van der Waals surface area contributed by atoms with Crippen molar-refractivity contribution in [2.45, 2.75) is 78.6 Å². The Labute approximate surface area is 478 Å². The summed E-state index contributed by atoms with van der Waals surface area (Å²) in [6, 6.07) is 53.8. The van der Waals surface area contributed by atoms with Crippen LogP contribution in [0.15, 0.2) is 170 Å². The summed E-state index contributed by atoms with van der Waals surface area (Å²) >= 11 is 0. The van der Waals surface area contributed by atoms with Gasteiger partial charge in [-0.1, -0.05) is 98.7 Å². The first-order chi connectivity index (χ1) is 39.7. The van der Waals surface area contributed by atoms with Crippen molar-refractivity contribution >= 4 is 50.1 Å². The Balaban J connectivity index is 1.02. The van der Waals surface area contributed by atoms with Crippen LogP contribution in [0.4, 0.5) is 0 Å². The molecule has 2 aliphatic rings. The molecular formula is C69H58N8O6. The fourth-order valence-corrected chi connectivity index (χ4v) is 10.2. The van der Waals surface area contributed by atoms with Gasteiger partial charge in [0, 0.05) is 43.8 Å². The molecule has 11 aromatic rings. The molecule has 13 rings (SSSR count). The number of carbonyl (C=O) groups is 1. The molecule has 2 aliphatic heterocycles. The third-order valence-corrected chi connectivity index (χ3v) is 14.9. The molecule has 8 bridgehead atoms. The maximum absolute atomic E-state index is 11.7. The Morgan fingerprint density at radius 2 is 0.602 bits per heavy atom. The summed E-state index contributed by atoms with van der Waals surface area (Å²) in [4.78, 5) is 50.4. The van der Waals surface area contributed by atoms with E-state index in [1.165, 1.54) is 28.8 Å². The summed E-state index contributed by atoms with van der Waals surface area (Å²) in [5.41, 5.74) is 8.40. The lowest BCUT2D eigenvalue weighted by Gasteiger charge is -2.19. The number of nitrogens with zero attached hydrogens (tertiary/aromatic N) is 6. The summed E-state index contributed by atoms with van der Waals surface area (Å²) in [5, 5.41) is 12.5. The minimum Gasteiger partial charge on any atom is -0.478 e. The average molecular weight is 1100 g/mol. The van der Waals surface area contributed by atoms with Gasteiger partial charge in [-0.05, 0) is 166 Å². The predicted octanol–water partition coefficient (Wildman–Crippen LogP) is 17.6. The summed E-state index contributed by atoms with van der Waals surface area (Å²) in [5.74, 6) is 5.32. The fourth-order valence-electron chi connectivity index (χ4n) is 10.2. The zero-order valence-electron chi connectivity index (χ0n) is 47.3. The first kappa shape index (κ1) is 52.2. The van der Waals surface area contributed by atoms with Crippen LogP contribution in [0, 0.1) is 0 Å². The van der Waals surface area contributed by atoms with E-state index >= 15 is 0 Å². The third kappa shape index (κ3) is 10.4. The quantitative estimate of drug-likeness (QED) is 0.125. The Morgan fingerprint density at radius 1 is 0.325 bits per heavy atom. The van der Waals surface area contributed by atoms with Crippen LogP contribution in [0.1, 0.15) is 89.4 Å². The van der Waals surface area contributed by atoms with Gasteiger partial charge in [0.05, 0.1) is 5.56 Å². The molecule has 0 aliphatic carbocycles. The van der Waals surface area contributed by atoms with Gasteiger partial charge in [-0.15, -0.1) is 0 Å². The maximum atomic E-state index is 11.7. The van der Waals surface area contributed by atoms with Gasteiger partial charge in [-0.3, -0.25) is 0 Å². The van der Waals surface area contributed by atoms with Crippen molar-refractivity contribution in [3.8, 4) is 91.5 Å². The highest BCUT2D eigenvalue weighted by atomic mass is 16.5. The van der Waals surface area contributed by atoms with Crippen molar-refractivity contribution in [1.29, 1.82) is 0 Å². The normalized spacial score (nSPS) is 12.3. The second kappa shape index (κ2) is 19.8. The van der Waals surface area contributed by atoms with Crippen molar-refractivity contribution in [3.05, 3.63) is 192 Å². The molecular weight excluding hydrogens is 1040 g/mol. The van der Waals surface area contributed by atoms with Crippen LogP contribution in [-0.4, -0.2) is 50.9 Å². The molecule has 14 nitrogen and oxygen atoms in total. The number of nitrogens with one attached hydrogen (secondary N) is 2. The fraction of sp³-hybridized carbons (Fsp3) is 0.174. The Morgan fingerprint density at radius 3 is 0.928 bits per heavy atom. The van der Waals surface area contributed by atoms with Gasteiger partial charge >= 0.3 is 5.97 Å². The lowest BCUT2D eigenvalue weighted by molar-refractivity contribution is 0.0696. The predicted molar refractivity (Wildman–Crippen MR) is 325 cm³/mol. The minimum absolute atomic E-state index is 0.0155. The van der Waals surface area contributed by atoms with Gasteiger partial charge in [-0.25, -0.2) is 34.7 Å². The number of ether oxygens (including phenoxy) is 4. The summed E-state index contributed by atoms with van der Waals surface area (Å²) in [6.45, 7) is 19.7. The number of H-pyrrole nitrogens is 2. The van der Waals surface area contributed by atoms with Crippen LogP contribution < -0.4 is 18.9 Å². The van der Waals surface area contributed by atoms with E-state index in [9.17, 15) is 9.90 Å². The smallest absolute Gasteiger partial charge is 0.335 e. The molecule has 410 valence electrons. The number of benzene rings is 8. The van der Waals surface area contributed by atoms with Gasteiger partial charge < -0.3 is 34.0 Å². The molecule has 0 fully saturated rings. The van der Waals surface area contributed by atoms with Gasteiger partial charge in [0.15, 0.2) is 23.3 Å². The Kier molecular flexibility index (Phi) is 12.4. The average Bonchev–Trinajstić information content (AvgIpc) is 3.96. The maximum Gasteiger partial charge on any atom is 0.335 e. The van der Waals surface area contributed by atoms with Gasteiger partial charge in [0.2, 0.25) is 0 Å². The summed E-state index contributed by atoms with van der Waals surface area (Å²) in [7, 11) is 0. The zero-order valence-corrected chi connectivity index (χ0v) is 47.3. The number of carboxylic acids is 1. The lowest BCUT2D eigenvalue weighted by Crippen LogP contribution is -2.10. The van der Waals surface area contributed by atoms with E-state index in [1.807, 2.05) is 109 Å². The van der Waals surface area contributed by atoms with E-state index in [0.29, 0.717) is 114 Å². The molecule has 0 saturated heterocycles. The van der Waals surface area contributed by atoms with Gasteiger partial charge in [0.1, 0.15) is 68.6 Å². The SMILES string of the molecule is CC(C)(C)c1ccc(Oc2ccc3c(c2)-c2nc-3nc3[nH]c(nc4nc(nc5[nH]c(n2)c2cc(Oc6ccc(C(C)(C)C)cc6)ccc52)-c2ccc(Oc5ccc(C(=O)O)cc5)cc2-4)c2cc(Oc4ccc(C(C)(C)C)cc4)ccc32)cc1. The van der Waals surface area contributed by atoms with Crippen LogP contribution in [0.3, 0.4) is 0 Å². The van der Waals surface area contributed by atoms with Crippen molar-refractivity contribution in [3.63, 3.8) is 0 Å². The molecule has 83 heavy (non-hydrogen) atoms. The standard InChI is InChI=1S/C69H58N8O6/c1-67(2,3)39-12-20-43(21-13-39)81-47-27-31-51-55(35-47)63-73-60(51)71-61-53-33-29-49(83-45-24-16-41(17-25-45)69(7,8)9)37-57(53)65(75-61)77-64-56-36-48(82-44-22-14-40(15-23-44)68(4,5)6)28-32-52(56)59(74-64)70-58-50-30-26-46(34-54(50)62(72-58)76-63)80-42-18-10-38(11-19-42)66(78)79/h10-37H,1-9H3,(H,78,79)(H2,70,71,72,73,74,75,76,77). The van der Waals surface area contributed by atoms with Crippen molar-refractivity contribution in [2.75, 3.05) is 0 Å². The van der Waals surface area contributed by atoms with E-state index in [-0.39, 0.29) is 21.8 Å². The molecule has 3 aromatic heterocycles. The van der Waals surface area contributed by atoms with Crippen LogP contribution in [0.25, 0.3) is 89.7 Å². The molecule has 14 heteroatoms. The van der Waals surface area contributed by atoms with E-state index in [1.54, 1.807) is 12.1 Å². The molecule has 5 heterocycles. The van der Waals surface area contributed by atoms with Crippen LogP contribution >= 0.6 is 0 Å². The number of aromatic amines is 2. The topological polar surface area (TPSA) is 183 Å². The highest BCUT2D eigenvalue weighted by molar-refractivity contribution is 6.07. The van der Waals surface area contributed by atoms with E-state index in [0.717, 1.165) is 21.7 Å². The van der Waals surface area contributed by atoms with Crippen molar-refractivity contribution < 1.29 is 28.8 Å². The number of rotatable bonds is 9. The molecule has 0 atom stereocenters. The van der Waals surface area contributed by atoms with E-state index < -0.39 is 5.97 Å². The highest BCUT2D eigenvalue weighted by Gasteiger charge is 2.25. The number of hydrogen-bond donors (Lipinski definition) is 3. The second-order valence-corrected chi connectivity index (χ2v) is 24.0. The number of aromatic nitrogens is 8. The van der Waals surface area contributed by atoms with Gasteiger partial charge in [-0.2, -0.15) is 0 Å².